The molecule has 0 aromatic heterocycles. The Morgan fingerprint density at radius 1 is 0.964 bits per heavy atom. The van der Waals surface area contributed by atoms with Crippen molar-refractivity contribution < 1.29 is 14.4 Å². The van der Waals surface area contributed by atoms with Crippen molar-refractivity contribution in [3.63, 3.8) is 0 Å². The van der Waals surface area contributed by atoms with Gasteiger partial charge in [-0.15, -0.1) is 5.06 Å². The van der Waals surface area contributed by atoms with Gasteiger partial charge in [0.1, 0.15) is 0 Å². The first-order valence-corrected chi connectivity index (χ1v) is 10.1. The van der Waals surface area contributed by atoms with E-state index in [2.05, 4.69) is 46.8 Å². The second-order valence-corrected chi connectivity index (χ2v) is 8.61. The Kier molecular flexibility index (Phi) is 7.76. The van der Waals surface area contributed by atoms with Gasteiger partial charge in [-0.1, -0.05) is 49.3 Å². The first-order chi connectivity index (χ1) is 13.2. The maximum atomic E-state index is 12.3. The van der Waals surface area contributed by atoms with Crippen LogP contribution in [0.25, 0.3) is 0 Å². The van der Waals surface area contributed by atoms with Gasteiger partial charge >= 0.3 is 0 Å². The minimum atomic E-state index is -0.367. The van der Waals surface area contributed by atoms with E-state index in [0.717, 1.165) is 37.2 Å². The van der Waals surface area contributed by atoms with Crippen molar-refractivity contribution in [3.05, 3.63) is 58.7 Å². The number of hydrogen-bond donors (Lipinski definition) is 0. The van der Waals surface area contributed by atoms with Crippen LogP contribution in [-0.2, 0) is 4.84 Å². The van der Waals surface area contributed by atoms with Gasteiger partial charge in [0.25, 0.3) is 11.8 Å². The van der Waals surface area contributed by atoms with E-state index in [-0.39, 0.29) is 17.2 Å². The Hall–Kier alpha value is -2.20. The van der Waals surface area contributed by atoms with Crippen LogP contribution >= 0.6 is 0 Å². The van der Waals surface area contributed by atoms with E-state index in [1.165, 1.54) is 11.1 Å². The summed E-state index contributed by atoms with van der Waals surface area (Å²) in [7, 11) is 0. The number of allylic oxidation sites excluding steroid dienone is 4. The second kappa shape index (κ2) is 9.83. The highest BCUT2D eigenvalue weighted by molar-refractivity contribution is 6.20. The highest BCUT2D eigenvalue weighted by atomic mass is 16.7. The summed E-state index contributed by atoms with van der Waals surface area (Å²) in [6, 6.07) is 6.84. The van der Waals surface area contributed by atoms with Gasteiger partial charge in [-0.2, -0.15) is 0 Å². The molecule has 0 atom stereocenters. The van der Waals surface area contributed by atoms with Gasteiger partial charge in [0.2, 0.25) is 0 Å². The lowest BCUT2D eigenvalue weighted by Crippen LogP contribution is -2.31. The summed E-state index contributed by atoms with van der Waals surface area (Å²) in [6.45, 7) is 11.2. The molecule has 2 amide bonds. The summed E-state index contributed by atoms with van der Waals surface area (Å²) >= 11 is 0. The molecule has 0 spiro atoms. The van der Waals surface area contributed by atoms with Crippen molar-refractivity contribution in [2.45, 2.75) is 66.7 Å². The van der Waals surface area contributed by atoms with Gasteiger partial charge in [0, 0.05) is 0 Å². The molecule has 1 aromatic rings. The quantitative estimate of drug-likeness (QED) is 0.362. The lowest BCUT2D eigenvalue weighted by Gasteiger charge is -2.25. The number of hydrogen-bond acceptors (Lipinski definition) is 3. The first kappa shape index (κ1) is 22.1. The number of carbonyl (C=O) groups excluding carboxylic acids is 2. The van der Waals surface area contributed by atoms with Crippen LogP contribution in [0.3, 0.4) is 0 Å². The Balaban J connectivity index is 1.76. The third-order valence-corrected chi connectivity index (χ3v) is 5.16. The van der Waals surface area contributed by atoms with Crippen molar-refractivity contribution in [1.29, 1.82) is 0 Å². The minimum absolute atomic E-state index is 0.0787. The predicted molar refractivity (Wildman–Crippen MR) is 113 cm³/mol. The third-order valence-electron chi connectivity index (χ3n) is 5.16. The minimum Gasteiger partial charge on any atom is -0.266 e. The lowest BCUT2D eigenvalue weighted by atomic mass is 9.84. The second-order valence-electron chi connectivity index (χ2n) is 8.61. The highest BCUT2D eigenvalue weighted by Gasteiger charge is 2.36. The molecule has 1 aliphatic rings. The van der Waals surface area contributed by atoms with E-state index < -0.39 is 0 Å². The molecular formula is C24H33NO3. The molecule has 1 heterocycles. The number of nitrogens with zero attached hydrogens (tertiary/aromatic N) is 1. The Bertz CT molecular complexity index is 735. The number of fused-ring (bicyclic) bond motifs is 1. The summed E-state index contributed by atoms with van der Waals surface area (Å²) in [5.41, 5.74) is 3.71. The van der Waals surface area contributed by atoms with Gasteiger partial charge < -0.3 is 0 Å². The molecule has 0 aliphatic carbocycles. The normalized spacial score (nSPS) is 14.5. The Morgan fingerprint density at radius 2 is 1.57 bits per heavy atom. The maximum Gasteiger partial charge on any atom is 0.285 e. The van der Waals surface area contributed by atoms with Crippen molar-refractivity contribution in [2.75, 3.05) is 6.61 Å². The molecule has 0 bridgehead atoms. The fourth-order valence-electron chi connectivity index (χ4n) is 3.22. The molecule has 4 heteroatoms. The molecule has 152 valence electrons. The largest absolute Gasteiger partial charge is 0.285 e. The van der Waals surface area contributed by atoms with Gasteiger partial charge in [-0.25, -0.2) is 0 Å². The third kappa shape index (κ3) is 6.16. The van der Waals surface area contributed by atoms with Crippen molar-refractivity contribution in [1.82, 2.24) is 5.06 Å². The van der Waals surface area contributed by atoms with E-state index in [1.54, 1.807) is 24.3 Å². The number of amides is 2. The van der Waals surface area contributed by atoms with E-state index in [9.17, 15) is 9.59 Å². The molecule has 28 heavy (non-hydrogen) atoms. The molecule has 1 aliphatic heterocycles. The van der Waals surface area contributed by atoms with Crippen molar-refractivity contribution >= 4 is 11.8 Å². The zero-order valence-electron chi connectivity index (χ0n) is 17.9. The van der Waals surface area contributed by atoms with Crippen LogP contribution in [-0.4, -0.2) is 23.5 Å². The standard InChI is InChI=1S/C24H33NO3/c1-18(2)10-8-11-19(3)12-9-15-24(4,5)16-17-28-25-22(26)20-13-6-7-14-21(20)23(25)27/h6-7,10,12-14H,8-9,11,15-17H2,1-5H3/b19-12+. The van der Waals surface area contributed by atoms with Crippen molar-refractivity contribution in [3.8, 4) is 0 Å². The topological polar surface area (TPSA) is 46.6 Å². The van der Waals surface area contributed by atoms with Crippen LogP contribution in [0.15, 0.2) is 47.6 Å². The monoisotopic (exact) mass is 383 g/mol. The maximum absolute atomic E-state index is 12.3. The SMILES string of the molecule is CC(C)=CCC/C(C)=C/CCC(C)(C)CCON1C(=O)c2ccccc2C1=O. The zero-order valence-corrected chi connectivity index (χ0v) is 17.9. The van der Waals surface area contributed by atoms with E-state index in [0.29, 0.717) is 17.7 Å². The van der Waals surface area contributed by atoms with Gasteiger partial charge in [0.05, 0.1) is 17.7 Å². The average Bonchev–Trinajstić information content (AvgIpc) is 2.86. The zero-order chi connectivity index (χ0) is 20.7. The van der Waals surface area contributed by atoms with Crippen LogP contribution < -0.4 is 0 Å². The van der Waals surface area contributed by atoms with Crippen LogP contribution in [0.4, 0.5) is 0 Å². The first-order valence-electron chi connectivity index (χ1n) is 10.1. The van der Waals surface area contributed by atoms with E-state index in [1.807, 2.05) is 0 Å². The molecule has 0 saturated carbocycles. The summed E-state index contributed by atoms with van der Waals surface area (Å²) < 4.78 is 0. The number of rotatable bonds is 10. The fraction of sp³-hybridized carbons (Fsp3) is 0.500. The summed E-state index contributed by atoms with van der Waals surface area (Å²) in [5.74, 6) is -0.735. The molecule has 0 saturated heterocycles. The van der Waals surface area contributed by atoms with Crippen LogP contribution in [0.1, 0.15) is 87.4 Å². The fourth-order valence-corrected chi connectivity index (χ4v) is 3.22. The van der Waals surface area contributed by atoms with E-state index in [4.69, 9.17) is 4.84 Å². The highest BCUT2D eigenvalue weighted by Crippen LogP contribution is 2.29. The summed E-state index contributed by atoms with van der Waals surface area (Å²) in [4.78, 5) is 30.2. The van der Waals surface area contributed by atoms with Gasteiger partial charge in [-0.3, -0.25) is 14.4 Å². The summed E-state index contributed by atoms with van der Waals surface area (Å²) in [5, 5.41) is 0.911. The van der Waals surface area contributed by atoms with Crippen LogP contribution in [0.5, 0.6) is 0 Å². The van der Waals surface area contributed by atoms with Crippen molar-refractivity contribution in [2.24, 2.45) is 5.41 Å². The molecule has 4 nitrogen and oxygen atoms in total. The molecule has 0 N–H and O–H groups in total. The van der Waals surface area contributed by atoms with Crippen LogP contribution in [0.2, 0.25) is 0 Å². The van der Waals surface area contributed by atoms with E-state index >= 15 is 0 Å². The number of imide groups is 1. The molecule has 0 radical (unpaired) electrons. The molecule has 2 rings (SSSR count). The Labute approximate surface area is 169 Å². The average molecular weight is 384 g/mol. The van der Waals surface area contributed by atoms with Crippen LogP contribution in [0, 0.1) is 5.41 Å². The summed E-state index contributed by atoms with van der Waals surface area (Å²) in [6.07, 6.45) is 9.66. The molecule has 0 fully saturated rings. The number of carbonyl (C=O) groups is 2. The molecule has 1 aromatic carbocycles. The number of hydroxylamine groups is 2. The predicted octanol–water partition coefficient (Wildman–Crippen LogP) is 6.10. The van der Waals surface area contributed by atoms with Gasteiger partial charge in [0.15, 0.2) is 0 Å². The lowest BCUT2D eigenvalue weighted by molar-refractivity contribution is -0.0980. The molecular weight excluding hydrogens is 350 g/mol. The number of benzene rings is 1. The molecule has 0 unspecified atom stereocenters. The smallest absolute Gasteiger partial charge is 0.266 e. The Morgan fingerprint density at radius 3 is 2.14 bits per heavy atom. The van der Waals surface area contributed by atoms with Gasteiger partial charge in [-0.05, 0) is 70.4 Å².